The monoisotopic (exact) mass is 264 g/mol. The average Bonchev–Trinajstić information content (AvgIpc) is 2.79. The van der Waals surface area contributed by atoms with Gasteiger partial charge < -0.3 is 4.42 Å². The van der Waals surface area contributed by atoms with E-state index >= 15 is 0 Å². The van der Waals surface area contributed by atoms with Crippen LogP contribution in [0.2, 0.25) is 0 Å². The van der Waals surface area contributed by atoms with Crippen LogP contribution < -0.4 is 5.63 Å². The van der Waals surface area contributed by atoms with Crippen molar-refractivity contribution in [1.29, 1.82) is 0 Å². The third-order valence-electron chi connectivity index (χ3n) is 3.16. The van der Waals surface area contributed by atoms with E-state index < -0.39 is 0 Å². The number of ketones is 1. The lowest BCUT2D eigenvalue weighted by Gasteiger charge is -2.13. The van der Waals surface area contributed by atoms with Crippen LogP contribution in [0, 0.1) is 0 Å². The van der Waals surface area contributed by atoms with E-state index in [9.17, 15) is 9.59 Å². The van der Waals surface area contributed by atoms with Gasteiger partial charge in [-0.15, -0.1) is 11.3 Å². The molecule has 0 saturated heterocycles. The Morgan fingerprint density at radius 3 is 2.94 bits per heavy atom. The second kappa shape index (κ2) is 5.48. The number of fused-ring (bicyclic) bond motifs is 1. The summed E-state index contributed by atoms with van der Waals surface area (Å²) in [6, 6.07) is 1.90. The summed E-state index contributed by atoms with van der Waals surface area (Å²) in [5.74, 6) is -0.297. The number of Topliss-reactive ketones (excluding diaryl/α,β-unsaturated/α-hetero) is 1. The minimum Gasteiger partial charge on any atom is -0.430 e. The summed E-state index contributed by atoms with van der Waals surface area (Å²) in [4.78, 5) is 23.7. The molecule has 4 heteroatoms. The van der Waals surface area contributed by atoms with E-state index in [2.05, 4.69) is 6.92 Å². The number of rotatable bonds is 5. The summed E-state index contributed by atoms with van der Waals surface area (Å²) < 4.78 is 5.97. The Kier molecular flexibility index (Phi) is 3.97. The van der Waals surface area contributed by atoms with Crippen molar-refractivity contribution in [1.82, 2.24) is 0 Å². The highest BCUT2D eigenvalue weighted by Gasteiger charge is 2.23. The summed E-state index contributed by atoms with van der Waals surface area (Å²) in [6.07, 6.45) is 4.13. The Hall–Kier alpha value is -1.42. The summed E-state index contributed by atoms with van der Waals surface area (Å²) in [6.45, 7) is 3.62. The van der Waals surface area contributed by atoms with Gasteiger partial charge in [0.05, 0.1) is 16.2 Å². The predicted octanol–water partition coefficient (Wildman–Crippen LogP) is 3.72. The van der Waals surface area contributed by atoms with Gasteiger partial charge in [0.15, 0.2) is 0 Å². The zero-order valence-electron chi connectivity index (χ0n) is 10.6. The van der Waals surface area contributed by atoms with Gasteiger partial charge in [-0.1, -0.05) is 19.8 Å². The van der Waals surface area contributed by atoms with Gasteiger partial charge in [-0.25, -0.2) is 4.79 Å². The third kappa shape index (κ3) is 2.38. The van der Waals surface area contributed by atoms with Crippen LogP contribution in [0.1, 0.15) is 44.6 Å². The summed E-state index contributed by atoms with van der Waals surface area (Å²) in [7, 11) is 0. The van der Waals surface area contributed by atoms with Gasteiger partial charge in [0.25, 0.3) is 0 Å². The van der Waals surface area contributed by atoms with E-state index in [1.54, 1.807) is 6.92 Å². The fraction of sp³-hybridized carbons (Fsp3) is 0.429. The molecule has 0 saturated carbocycles. The van der Waals surface area contributed by atoms with E-state index in [0.717, 1.165) is 22.9 Å². The smallest absolute Gasteiger partial charge is 0.340 e. The Morgan fingerprint density at radius 1 is 1.50 bits per heavy atom. The molecule has 0 aliphatic carbocycles. The molecule has 0 aliphatic rings. The van der Waals surface area contributed by atoms with Gasteiger partial charge in [-0.05, 0) is 24.8 Å². The molecule has 2 rings (SSSR count). The van der Waals surface area contributed by atoms with E-state index in [-0.39, 0.29) is 17.3 Å². The van der Waals surface area contributed by atoms with Crippen LogP contribution in [0.4, 0.5) is 0 Å². The lowest BCUT2D eigenvalue weighted by molar-refractivity contribution is -0.118. The Balaban J connectivity index is 2.55. The largest absolute Gasteiger partial charge is 0.430 e. The van der Waals surface area contributed by atoms with Gasteiger partial charge in [0.1, 0.15) is 12.0 Å². The third-order valence-corrected chi connectivity index (χ3v) is 4.01. The summed E-state index contributed by atoms with van der Waals surface area (Å²) in [5, 5.41) is 2.78. The van der Waals surface area contributed by atoms with Gasteiger partial charge in [0.2, 0.25) is 0 Å². The van der Waals surface area contributed by atoms with Crippen LogP contribution in [0.3, 0.4) is 0 Å². The number of unbranched alkanes of at least 4 members (excludes halogenated alkanes) is 1. The van der Waals surface area contributed by atoms with Crippen molar-refractivity contribution in [2.75, 3.05) is 0 Å². The molecule has 2 heterocycles. The molecule has 0 fully saturated rings. The number of carbonyl (C=O) groups excluding carboxylic acids is 1. The first-order valence-corrected chi connectivity index (χ1v) is 7.02. The molecule has 1 unspecified atom stereocenters. The SMILES string of the molecule is CCCCC(C(C)=O)c1c(=O)occ2sccc12. The van der Waals surface area contributed by atoms with Crippen LogP contribution in [-0.2, 0) is 4.79 Å². The van der Waals surface area contributed by atoms with Gasteiger partial charge in [-0.3, -0.25) is 4.79 Å². The molecule has 0 radical (unpaired) electrons. The highest BCUT2D eigenvalue weighted by Crippen LogP contribution is 2.30. The lowest BCUT2D eigenvalue weighted by Crippen LogP contribution is -2.18. The van der Waals surface area contributed by atoms with Crippen molar-refractivity contribution in [3.05, 3.63) is 33.7 Å². The van der Waals surface area contributed by atoms with Gasteiger partial charge in [-0.2, -0.15) is 0 Å². The maximum Gasteiger partial charge on any atom is 0.340 e. The van der Waals surface area contributed by atoms with E-state index in [1.165, 1.54) is 17.6 Å². The molecule has 18 heavy (non-hydrogen) atoms. The molecule has 0 bridgehead atoms. The molecule has 2 aromatic heterocycles. The second-order valence-electron chi connectivity index (χ2n) is 4.44. The predicted molar refractivity (Wildman–Crippen MR) is 73.3 cm³/mol. The van der Waals surface area contributed by atoms with Crippen LogP contribution in [0.5, 0.6) is 0 Å². The topological polar surface area (TPSA) is 47.3 Å². The van der Waals surface area contributed by atoms with E-state index in [0.29, 0.717) is 12.0 Å². The highest BCUT2D eigenvalue weighted by atomic mass is 32.1. The standard InChI is InChI=1S/C14H16O3S/c1-3-4-5-10(9(2)15)13-11-6-7-18-12(11)8-17-14(13)16/h6-8,10H,3-5H2,1-2H3. The number of hydrogen-bond donors (Lipinski definition) is 0. The van der Waals surface area contributed by atoms with Crippen molar-refractivity contribution in [2.24, 2.45) is 0 Å². The molecule has 0 amide bonds. The van der Waals surface area contributed by atoms with Gasteiger partial charge in [0, 0.05) is 5.39 Å². The van der Waals surface area contributed by atoms with Crippen molar-refractivity contribution >= 4 is 27.2 Å². The second-order valence-corrected chi connectivity index (χ2v) is 5.39. The summed E-state index contributed by atoms with van der Waals surface area (Å²) >= 11 is 1.52. The molecule has 2 aromatic rings. The number of carbonyl (C=O) groups is 1. The molecule has 3 nitrogen and oxygen atoms in total. The van der Waals surface area contributed by atoms with Crippen molar-refractivity contribution in [3.8, 4) is 0 Å². The first-order chi connectivity index (χ1) is 8.65. The van der Waals surface area contributed by atoms with Crippen LogP contribution in [0.15, 0.2) is 26.9 Å². The molecule has 0 spiro atoms. The quantitative estimate of drug-likeness (QED) is 0.827. The maximum atomic E-state index is 11.9. The highest BCUT2D eigenvalue weighted by molar-refractivity contribution is 7.17. The number of thiophene rings is 1. The van der Waals surface area contributed by atoms with Crippen molar-refractivity contribution < 1.29 is 9.21 Å². The van der Waals surface area contributed by atoms with Crippen molar-refractivity contribution in [3.63, 3.8) is 0 Å². The molecule has 0 aliphatic heterocycles. The zero-order valence-corrected chi connectivity index (χ0v) is 11.4. The molecule has 0 N–H and O–H groups in total. The first kappa shape index (κ1) is 13.0. The lowest BCUT2D eigenvalue weighted by atomic mass is 9.90. The zero-order chi connectivity index (χ0) is 13.1. The molecule has 0 aromatic carbocycles. The normalized spacial score (nSPS) is 12.8. The minimum atomic E-state index is -0.378. The Morgan fingerprint density at radius 2 is 2.28 bits per heavy atom. The fourth-order valence-electron chi connectivity index (χ4n) is 2.20. The maximum absolute atomic E-state index is 11.9. The molecular formula is C14H16O3S. The Bertz CT molecular complexity index is 609. The Labute approximate surface area is 109 Å². The summed E-state index contributed by atoms with van der Waals surface area (Å²) in [5.41, 5.74) is 0.159. The number of hydrogen-bond acceptors (Lipinski definition) is 4. The van der Waals surface area contributed by atoms with E-state index in [1.807, 2.05) is 11.4 Å². The van der Waals surface area contributed by atoms with Crippen molar-refractivity contribution in [2.45, 2.75) is 39.0 Å². The molecular weight excluding hydrogens is 248 g/mol. The van der Waals surface area contributed by atoms with Gasteiger partial charge >= 0.3 is 5.63 Å². The molecule has 1 atom stereocenters. The average molecular weight is 264 g/mol. The van der Waals surface area contributed by atoms with Crippen LogP contribution in [-0.4, -0.2) is 5.78 Å². The van der Waals surface area contributed by atoms with E-state index in [4.69, 9.17) is 4.42 Å². The van der Waals surface area contributed by atoms with Crippen LogP contribution >= 0.6 is 11.3 Å². The minimum absolute atomic E-state index is 0.0365. The molecule has 96 valence electrons. The first-order valence-electron chi connectivity index (χ1n) is 6.14. The fourth-order valence-corrected chi connectivity index (χ4v) is 2.96. The van der Waals surface area contributed by atoms with Crippen LogP contribution in [0.25, 0.3) is 10.1 Å².